The van der Waals surface area contributed by atoms with Gasteiger partial charge in [0.1, 0.15) is 5.69 Å². The van der Waals surface area contributed by atoms with E-state index in [4.69, 9.17) is 0 Å². The average Bonchev–Trinajstić information content (AvgIpc) is 3.42. The highest BCUT2D eigenvalue weighted by atomic mass is 32.1. The molecule has 33 heavy (non-hydrogen) atoms. The fraction of sp³-hybridized carbons (Fsp3) is 0.333. The Morgan fingerprint density at radius 2 is 1.97 bits per heavy atom. The van der Waals surface area contributed by atoms with Gasteiger partial charge in [-0.05, 0) is 39.7 Å². The van der Waals surface area contributed by atoms with Crippen LogP contribution in [-0.4, -0.2) is 50.2 Å². The molecule has 1 aliphatic rings. The Morgan fingerprint density at radius 1 is 1.15 bits per heavy atom. The zero-order valence-corrected chi connectivity index (χ0v) is 20.6. The van der Waals surface area contributed by atoms with Gasteiger partial charge in [0.25, 0.3) is 11.8 Å². The maximum absolute atomic E-state index is 13.4. The second kappa shape index (κ2) is 8.39. The number of nitrogens with zero attached hydrogens (tertiary/aromatic N) is 4. The monoisotopic (exact) mass is 479 g/mol. The van der Waals surface area contributed by atoms with Gasteiger partial charge in [0.15, 0.2) is 10.7 Å². The fourth-order valence-corrected chi connectivity index (χ4v) is 6.10. The van der Waals surface area contributed by atoms with Crippen molar-refractivity contribution in [2.24, 2.45) is 0 Å². The van der Waals surface area contributed by atoms with Crippen molar-refractivity contribution in [3.05, 3.63) is 63.0 Å². The molecule has 5 rings (SSSR count). The normalized spacial score (nSPS) is 15.6. The molecule has 0 saturated carbocycles. The Hall–Kier alpha value is -3.04. The molecule has 7 nitrogen and oxygen atoms in total. The Kier molecular flexibility index (Phi) is 5.54. The maximum atomic E-state index is 13.4. The predicted molar refractivity (Wildman–Crippen MR) is 131 cm³/mol. The van der Waals surface area contributed by atoms with Crippen LogP contribution < -0.4 is 5.32 Å². The fourth-order valence-electron chi connectivity index (χ4n) is 4.28. The van der Waals surface area contributed by atoms with Crippen molar-refractivity contribution in [2.75, 3.05) is 13.1 Å². The predicted octanol–water partition coefficient (Wildman–Crippen LogP) is 4.40. The number of imidazole rings is 1. The Bertz CT molecular complexity index is 1380. The number of aromatic nitrogens is 3. The molecule has 1 saturated heterocycles. The van der Waals surface area contributed by atoms with Crippen molar-refractivity contribution in [3.63, 3.8) is 0 Å². The lowest BCUT2D eigenvalue weighted by molar-refractivity contribution is 0.0451. The Balaban J connectivity index is 1.30. The molecule has 4 aromatic rings. The summed E-state index contributed by atoms with van der Waals surface area (Å²) in [6.45, 7) is 8.95. The zero-order chi connectivity index (χ0) is 23.3. The summed E-state index contributed by atoms with van der Waals surface area (Å²) in [5, 5.41) is 5.88. The number of hydrogen-bond acceptors (Lipinski definition) is 6. The minimum absolute atomic E-state index is 0.0420. The van der Waals surface area contributed by atoms with E-state index < -0.39 is 0 Å². The van der Waals surface area contributed by atoms with Gasteiger partial charge < -0.3 is 10.2 Å². The highest BCUT2D eigenvalue weighted by Gasteiger charge is 2.35. The summed E-state index contributed by atoms with van der Waals surface area (Å²) in [6.07, 6.45) is 0.852. The van der Waals surface area contributed by atoms with E-state index >= 15 is 0 Å². The van der Waals surface area contributed by atoms with E-state index in [2.05, 4.69) is 21.4 Å². The average molecular weight is 480 g/mol. The minimum atomic E-state index is -0.202. The van der Waals surface area contributed by atoms with Gasteiger partial charge in [-0.3, -0.25) is 14.0 Å². The van der Waals surface area contributed by atoms with Crippen LogP contribution >= 0.6 is 22.7 Å². The van der Waals surface area contributed by atoms with Crippen LogP contribution in [0, 0.1) is 27.7 Å². The first-order valence-corrected chi connectivity index (χ1v) is 12.6. The summed E-state index contributed by atoms with van der Waals surface area (Å²) < 4.78 is 2.00. The third-order valence-electron chi connectivity index (χ3n) is 6.10. The summed E-state index contributed by atoms with van der Waals surface area (Å²) in [4.78, 5) is 38.8. The van der Waals surface area contributed by atoms with Crippen molar-refractivity contribution in [3.8, 4) is 10.4 Å². The molecule has 1 N–H and O–H groups in total. The number of aryl methyl sites for hydroxylation is 4. The molecule has 1 aliphatic heterocycles. The first-order chi connectivity index (χ1) is 15.8. The molecule has 3 aromatic heterocycles. The number of rotatable bonds is 5. The van der Waals surface area contributed by atoms with Crippen molar-refractivity contribution in [2.45, 2.75) is 40.2 Å². The van der Waals surface area contributed by atoms with Crippen LogP contribution in [0.25, 0.3) is 15.4 Å². The second-order valence-electron chi connectivity index (χ2n) is 8.47. The number of hydrogen-bond donors (Lipinski definition) is 1. The van der Waals surface area contributed by atoms with E-state index in [1.807, 2.05) is 60.6 Å². The molecule has 1 unspecified atom stereocenters. The largest absolute Gasteiger partial charge is 0.349 e. The van der Waals surface area contributed by atoms with E-state index in [1.54, 1.807) is 11.3 Å². The van der Waals surface area contributed by atoms with Crippen molar-refractivity contribution >= 4 is 39.4 Å². The summed E-state index contributed by atoms with van der Waals surface area (Å²) in [5.41, 5.74) is 5.01. The van der Waals surface area contributed by atoms with E-state index in [-0.39, 0.29) is 17.9 Å². The Morgan fingerprint density at radius 3 is 2.67 bits per heavy atom. The van der Waals surface area contributed by atoms with Gasteiger partial charge >= 0.3 is 0 Å². The van der Waals surface area contributed by atoms with Crippen molar-refractivity contribution in [1.82, 2.24) is 24.6 Å². The molecule has 0 spiro atoms. The molecule has 1 atom stereocenters. The number of amides is 2. The number of carbonyl (C=O) groups is 2. The third kappa shape index (κ3) is 3.85. The summed E-state index contributed by atoms with van der Waals surface area (Å²) >= 11 is 3.06. The first kappa shape index (κ1) is 21.8. The van der Waals surface area contributed by atoms with Gasteiger partial charge in [0, 0.05) is 24.2 Å². The SMILES string of the molecule is Cc1cccc(-c2sc(C)nc2C(=O)N2CCC2CNC(=O)c2nc3scc(C)n3c2C)c1. The quantitative estimate of drug-likeness (QED) is 0.460. The molecule has 1 aromatic carbocycles. The second-order valence-corrected chi connectivity index (χ2v) is 10.5. The van der Waals surface area contributed by atoms with Crippen LogP contribution in [0.3, 0.4) is 0 Å². The zero-order valence-electron chi connectivity index (χ0n) is 19.0. The highest BCUT2D eigenvalue weighted by Crippen LogP contribution is 2.33. The summed E-state index contributed by atoms with van der Waals surface area (Å²) in [7, 11) is 0. The number of thiazole rings is 2. The summed E-state index contributed by atoms with van der Waals surface area (Å²) in [5.74, 6) is -0.275. The van der Waals surface area contributed by atoms with Crippen LogP contribution in [0.15, 0.2) is 29.6 Å². The number of likely N-dealkylation sites (tertiary alicyclic amines) is 1. The smallest absolute Gasteiger partial charge is 0.274 e. The molecule has 9 heteroatoms. The van der Waals surface area contributed by atoms with Gasteiger partial charge in [-0.15, -0.1) is 22.7 Å². The molecule has 1 fully saturated rings. The van der Waals surface area contributed by atoms with Gasteiger partial charge in [0.05, 0.1) is 21.6 Å². The summed E-state index contributed by atoms with van der Waals surface area (Å²) in [6, 6.07) is 8.10. The third-order valence-corrected chi connectivity index (χ3v) is 8.06. The first-order valence-electron chi connectivity index (χ1n) is 10.9. The van der Waals surface area contributed by atoms with Crippen molar-refractivity contribution in [1.29, 1.82) is 0 Å². The van der Waals surface area contributed by atoms with E-state index in [9.17, 15) is 9.59 Å². The van der Waals surface area contributed by atoms with Crippen molar-refractivity contribution < 1.29 is 9.59 Å². The molecule has 0 radical (unpaired) electrons. The highest BCUT2D eigenvalue weighted by molar-refractivity contribution is 7.15. The number of nitrogens with one attached hydrogen (secondary N) is 1. The maximum Gasteiger partial charge on any atom is 0.274 e. The molecule has 4 heterocycles. The van der Waals surface area contributed by atoms with E-state index in [0.29, 0.717) is 24.5 Å². The van der Waals surface area contributed by atoms with Crippen LogP contribution in [-0.2, 0) is 0 Å². The van der Waals surface area contributed by atoms with Gasteiger partial charge in [-0.25, -0.2) is 9.97 Å². The number of benzene rings is 1. The molecular weight excluding hydrogens is 454 g/mol. The van der Waals surface area contributed by atoms with E-state index in [0.717, 1.165) is 43.8 Å². The van der Waals surface area contributed by atoms with Gasteiger partial charge in [-0.2, -0.15) is 0 Å². The minimum Gasteiger partial charge on any atom is -0.349 e. The lowest BCUT2D eigenvalue weighted by atomic mass is 10.0. The molecule has 0 bridgehead atoms. The molecule has 170 valence electrons. The van der Waals surface area contributed by atoms with Gasteiger partial charge in [0.2, 0.25) is 0 Å². The van der Waals surface area contributed by atoms with Gasteiger partial charge in [-0.1, -0.05) is 29.8 Å². The van der Waals surface area contributed by atoms with Crippen LogP contribution in [0.1, 0.15) is 49.4 Å². The van der Waals surface area contributed by atoms with Crippen LogP contribution in [0.2, 0.25) is 0 Å². The Labute approximate surface area is 200 Å². The van der Waals surface area contributed by atoms with Crippen LogP contribution in [0.4, 0.5) is 0 Å². The molecule has 0 aliphatic carbocycles. The number of carbonyl (C=O) groups excluding carboxylic acids is 2. The lowest BCUT2D eigenvalue weighted by Gasteiger charge is -2.40. The topological polar surface area (TPSA) is 79.6 Å². The van der Waals surface area contributed by atoms with E-state index in [1.165, 1.54) is 11.3 Å². The lowest BCUT2D eigenvalue weighted by Crippen LogP contribution is -2.56. The number of fused-ring (bicyclic) bond motifs is 1. The molecular formula is C24H25N5O2S2. The standard InChI is InChI=1S/C24H25N5O2S2/c1-13-6-5-7-17(10-13)21-20(26-16(4)33-21)23(31)28-9-8-18(28)11-25-22(30)19-15(3)29-14(2)12-32-24(29)27-19/h5-7,10,12,18H,8-9,11H2,1-4H3,(H,25,30). The molecule has 2 amide bonds. The van der Waals surface area contributed by atoms with Crippen LogP contribution in [0.5, 0.6) is 0 Å².